The molecule has 0 fully saturated rings. The van der Waals surface area contributed by atoms with Crippen molar-refractivity contribution >= 4 is 76.7 Å². The van der Waals surface area contributed by atoms with Gasteiger partial charge in [0.25, 0.3) is 6.33 Å². The molecule has 0 aliphatic carbocycles. The first-order chi connectivity index (χ1) is 43.7. The molecule has 7 heteroatoms. The summed E-state index contributed by atoms with van der Waals surface area (Å²) < 4.78 is 26.5. The number of fused-ring (bicyclic) bond motifs is 16. The highest BCUT2D eigenvalue weighted by Crippen LogP contribution is 2.47. The third-order valence-electron chi connectivity index (χ3n) is 18.1. The van der Waals surface area contributed by atoms with E-state index >= 15 is 0 Å². The third kappa shape index (κ3) is 8.12. The van der Waals surface area contributed by atoms with Crippen LogP contribution in [-0.4, -0.2) is 14.1 Å². The fourth-order valence-electron chi connectivity index (χ4n) is 13.9. The van der Waals surface area contributed by atoms with Crippen LogP contribution in [0.15, 0.2) is 282 Å². The fourth-order valence-corrected chi connectivity index (χ4v) is 13.9. The van der Waals surface area contributed by atoms with Crippen LogP contribution in [0.1, 0.15) is 26.3 Å². The number of furan rings is 2. The smallest absolute Gasteiger partial charge is 0.269 e. The second kappa shape index (κ2) is 19.5. The summed E-state index contributed by atoms with van der Waals surface area (Å²) in [5.41, 5.74) is 23.9. The normalized spacial score (nSPS) is 12.2. The van der Waals surface area contributed by atoms with Gasteiger partial charge in [-0.3, -0.25) is 13.7 Å². The molecule has 18 rings (SSSR count). The van der Waals surface area contributed by atoms with Crippen molar-refractivity contribution in [3.63, 3.8) is 0 Å². The lowest BCUT2D eigenvalue weighted by Gasteiger charge is -2.20. The number of nitrogens with zero attached hydrogens (tertiary/aromatic N) is 4. The largest absolute Gasteiger partial charge is 0.458 e. The van der Waals surface area contributed by atoms with E-state index < -0.39 is 0 Å². The van der Waals surface area contributed by atoms with E-state index in [1.54, 1.807) is 0 Å². The average molecular weight is 1140 g/mol. The van der Waals surface area contributed by atoms with Crippen LogP contribution in [-0.2, 0) is 5.41 Å². The lowest BCUT2D eigenvalue weighted by atomic mass is 9.87. The van der Waals surface area contributed by atoms with Crippen LogP contribution >= 0.6 is 0 Å². The summed E-state index contributed by atoms with van der Waals surface area (Å²) in [5.74, 6) is 2.29. The maximum Gasteiger partial charge on any atom is 0.269 e. The first kappa shape index (κ1) is 50.8. The van der Waals surface area contributed by atoms with E-state index in [2.05, 4.69) is 277 Å². The van der Waals surface area contributed by atoms with Gasteiger partial charge < -0.3 is 13.6 Å². The van der Waals surface area contributed by atoms with E-state index in [0.29, 0.717) is 5.75 Å². The molecule has 0 saturated carbocycles. The number of imidazole rings is 1. The Morgan fingerprint density at radius 2 is 0.910 bits per heavy atom. The van der Waals surface area contributed by atoms with Crippen molar-refractivity contribution in [1.29, 1.82) is 0 Å². The molecule has 1 aliphatic heterocycles. The zero-order chi connectivity index (χ0) is 59.1. The van der Waals surface area contributed by atoms with Gasteiger partial charge >= 0.3 is 0 Å². The van der Waals surface area contributed by atoms with Crippen LogP contribution in [0.2, 0.25) is 0 Å². The molecular formula is C82H54N4O3. The average Bonchev–Trinajstić information content (AvgIpc) is 1.67. The van der Waals surface area contributed by atoms with E-state index in [1.165, 1.54) is 5.56 Å². The molecule has 12 aromatic carbocycles. The number of pyridine rings is 1. The Hall–Kier alpha value is -11.5. The third-order valence-corrected chi connectivity index (χ3v) is 18.1. The molecule has 5 aromatic heterocycles. The van der Waals surface area contributed by atoms with Gasteiger partial charge in [0, 0.05) is 44.6 Å². The van der Waals surface area contributed by atoms with Crippen molar-refractivity contribution < 1.29 is 18.1 Å². The first-order valence-corrected chi connectivity index (χ1v) is 30.3. The molecule has 17 aromatic rings. The molecule has 1 aliphatic rings. The van der Waals surface area contributed by atoms with Crippen molar-refractivity contribution in [2.75, 3.05) is 0 Å². The molecule has 6 heterocycles. The molecule has 0 N–H and O–H groups in total. The van der Waals surface area contributed by atoms with E-state index in [0.717, 1.165) is 166 Å². The highest BCUT2D eigenvalue weighted by Gasteiger charge is 2.28. The Kier molecular flexibility index (Phi) is 11.1. The Bertz CT molecular complexity index is 5650. The molecule has 7 nitrogen and oxygen atoms in total. The van der Waals surface area contributed by atoms with Gasteiger partial charge in [-0.25, -0.2) is 4.98 Å². The SMILES string of the molecule is CC(C)(C)c1ccnc(-n2c3ccccc3c3ccc(Oc4cccc(-n5[c-][n+]6c7c(cccc75)-c5ccccc5-c5ccccc5-c5cccc(-c7cc(-c8ccc9oc%10ccccc%10c9c8)cc(-c8ccc9oc%10ccccc%10c9c8)c7)c5-6)c4)cc32)c1. The van der Waals surface area contributed by atoms with Gasteiger partial charge in [-0.1, -0.05) is 178 Å². The standard InChI is InChI=1S/C82H54N4O3/c1-82(2,3)55-39-40-83-79(46-55)86-72-29-11-8-23-64(72)65-36-35-58(48-74(65)86)87-57-18-14-17-56(47-57)84-49-85-80-59(26-15-27-68(80)62-21-6-4-19-60(62)61-20-5-7-22-63(61)69-28-16-30-73(84)81(69)85)54-42-52(50-33-37-77-70(44-50)66-24-9-12-31-75(66)88-77)41-53(43-54)51-34-38-78-71(45-51)67-25-10-13-32-76(67)89-78/h4-48H,1-3H3. The van der Waals surface area contributed by atoms with Crippen molar-refractivity contribution in [3.05, 3.63) is 285 Å². The summed E-state index contributed by atoms with van der Waals surface area (Å²) in [6.45, 7) is 6.72. The Morgan fingerprint density at radius 1 is 0.382 bits per heavy atom. The Labute approximate surface area is 512 Å². The molecule has 0 amide bonds. The predicted molar refractivity (Wildman–Crippen MR) is 362 cm³/mol. The summed E-state index contributed by atoms with van der Waals surface area (Å²) in [6, 6.07) is 95.6. The Balaban J connectivity index is 0.842. The quantitative estimate of drug-likeness (QED) is 0.118. The number of aromatic nitrogens is 4. The first-order valence-electron chi connectivity index (χ1n) is 30.3. The van der Waals surface area contributed by atoms with Gasteiger partial charge in [-0.15, -0.1) is 0 Å². The number of para-hydroxylation sites is 5. The van der Waals surface area contributed by atoms with Crippen LogP contribution in [0.3, 0.4) is 0 Å². The van der Waals surface area contributed by atoms with Gasteiger partial charge in [-0.2, -0.15) is 0 Å². The van der Waals surface area contributed by atoms with Gasteiger partial charge in [0.15, 0.2) is 0 Å². The molecule has 0 unspecified atom stereocenters. The van der Waals surface area contributed by atoms with Crippen LogP contribution < -0.4 is 9.30 Å². The predicted octanol–water partition coefficient (Wildman–Crippen LogP) is 21.4. The fraction of sp³-hybridized carbons (Fsp3) is 0.0488. The van der Waals surface area contributed by atoms with Gasteiger partial charge in [0.05, 0.1) is 33.4 Å². The van der Waals surface area contributed by atoms with Crippen LogP contribution in [0.4, 0.5) is 0 Å². The number of hydrogen-bond acceptors (Lipinski definition) is 4. The second-order valence-corrected chi connectivity index (χ2v) is 24.4. The number of rotatable bonds is 7. The minimum atomic E-state index is -0.0470. The van der Waals surface area contributed by atoms with Crippen molar-refractivity contribution in [2.45, 2.75) is 26.2 Å². The summed E-state index contributed by atoms with van der Waals surface area (Å²) in [6.07, 6.45) is 5.97. The van der Waals surface area contributed by atoms with Crippen molar-refractivity contribution in [1.82, 2.24) is 14.1 Å². The van der Waals surface area contributed by atoms with Gasteiger partial charge in [-0.05, 0) is 181 Å². The highest BCUT2D eigenvalue weighted by molar-refractivity contribution is 6.11. The van der Waals surface area contributed by atoms with Crippen molar-refractivity contribution in [2.24, 2.45) is 0 Å². The van der Waals surface area contributed by atoms with E-state index in [4.69, 9.17) is 18.6 Å². The lowest BCUT2D eigenvalue weighted by Crippen LogP contribution is -2.32. The van der Waals surface area contributed by atoms with Gasteiger partial charge in [0.1, 0.15) is 39.6 Å². The molecule has 0 radical (unpaired) electrons. The van der Waals surface area contributed by atoms with Crippen molar-refractivity contribution in [3.8, 4) is 95.5 Å². The number of benzene rings is 12. The summed E-state index contributed by atoms with van der Waals surface area (Å²) in [4.78, 5) is 4.95. The van der Waals surface area contributed by atoms with E-state index in [9.17, 15) is 0 Å². The number of hydrogen-bond donors (Lipinski definition) is 0. The summed E-state index contributed by atoms with van der Waals surface area (Å²) in [7, 11) is 0. The summed E-state index contributed by atoms with van der Waals surface area (Å²) in [5, 5.41) is 6.63. The second-order valence-electron chi connectivity index (χ2n) is 24.4. The summed E-state index contributed by atoms with van der Waals surface area (Å²) >= 11 is 0. The Morgan fingerprint density at radius 3 is 1.61 bits per heavy atom. The van der Waals surface area contributed by atoms with Crippen LogP contribution in [0, 0.1) is 6.33 Å². The van der Waals surface area contributed by atoms with Gasteiger partial charge in [0.2, 0.25) is 0 Å². The molecular weight excluding hydrogens is 1090 g/mol. The number of ether oxygens (including phenoxy) is 1. The molecule has 0 spiro atoms. The topological polar surface area (TPSA) is 62.1 Å². The van der Waals surface area contributed by atoms with Crippen LogP contribution in [0.5, 0.6) is 11.5 Å². The molecule has 420 valence electrons. The lowest BCUT2D eigenvalue weighted by molar-refractivity contribution is -0.570. The minimum Gasteiger partial charge on any atom is -0.458 e. The minimum absolute atomic E-state index is 0.0470. The van der Waals surface area contributed by atoms with E-state index in [-0.39, 0.29) is 5.41 Å². The molecule has 0 saturated heterocycles. The monoisotopic (exact) mass is 1140 g/mol. The molecule has 89 heavy (non-hydrogen) atoms. The molecule has 0 atom stereocenters. The van der Waals surface area contributed by atoms with Crippen LogP contribution in [0.25, 0.3) is 161 Å². The maximum atomic E-state index is 6.97. The maximum absolute atomic E-state index is 6.97. The molecule has 0 bridgehead atoms. The zero-order valence-electron chi connectivity index (χ0n) is 49.0. The highest BCUT2D eigenvalue weighted by atomic mass is 16.5. The van der Waals surface area contributed by atoms with E-state index in [1.807, 2.05) is 36.5 Å². The zero-order valence-corrected chi connectivity index (χ0v) is 49.0.